The Kier molecular flexibility index (Phi) is 9.01. The van der Waals surface area contributed by atoms with Gasteiger partial charge in [-0.2, -0.15) is 0 Å². The molecule has 7 heterocycles. The van der Waals surface area contributed by atoms with Crippen molar-refractivity contribution in [1.29, 1.82) is 0 Å². The van der Waals surface area contributed by atoms with Crippen LogP contribution in [0, 0.1) is 5.82 Å². The van der Waals surface area contributed by atoms with Crippen LogP contribution in [0.1, 0.15) is 65.2 Å². The van der Waals surface area contributed by atoms with Crippen LogP contribution in [-0.4, -0.2) is 92.4 Å². The molecule has 276 valence electrons. The first kappa shape index (κ1) is 34.1. The number of fused-ring (bicyclic) bond motifs is 2. The Morgan fingerprint density at radius 1 is 0.833 bits per heavy atom. The Labute approximate surface area is 312 Å². The molecule has 0 aliphatic carbocycles. The second kappa shape index (κ2) is 14.3. The summed E-state index contributed by atoms with van der Waals surface area (Å²) in [4.78, 5) is 55.5. The van der Waals surface area contributed by atoms with Crippen LogP contribution in [0.15, 0.2) is 79.0 Å². The minimum atomic E-state index is -0.595. The van der Waals surface area contributed by atoms with Crippen molar-refractivity contribution < 1.29 is 18.8 Å². The van der Waals surface area contributed by atoms with E-state index in [0.29, 0.717) is 18.5 Å². The molecule has 12 nitrogen and oxygen atoms in total. The number of piperazine rings is 1. The van der Waals surface area contributed by atoms with E-state index in [1.54, 1.807) is 17.0 Å². The van der Waals surface area contributed by atoms with Gasteiger partial charge in [-0.3, -0.25) is 24.6 Å². The molecule has 5 aromatic rings. The number of anilines is 2. The zero-order valence-corrected chi connectivity index (χ0v) is 30.0. The van der Waals surface area contributed by atoms with Gasteiger partial charge in [-0.15, -0.1) is 5.10 Å². The number of rotatable bonds is 9. The molecule has 3 saturated heterocycles. The number of imide groups is 1. The molecule has 0 saturated carbocycles. The number of piperidine rings is 1. The van der Waals surface area contributed by atoms with Gasteiger partial charge in [0.05, 0.1) is 17.9 Å². The van der Waals surface area contributed by atoms with Gasteiger partial charge in [0.1, 0.15) is 29.2 Å². The lowest BCUT2D eigenvalue weighted by Gasteiger charge is -2.35. The summed E-state index contributed by atoms with van der Waals surface area (Å²) in [6, 6.07) is 22.5. The average molecular weight is 728 g/mol. The molecular formula is C41H42FN9O3. The molecule has 0 radical (unpaired) electrons. The van der Waals surface area contributed by atoms with E-state index >= 15 is 0 Å². The Morgan fingerprint density at radius 2 is 1.70 bits per heavy atom. The first-order chi connectivity index (χ1) is 26.4. The van der Waals surface area contributed by atoms with E-state index in [-0.39, 0.29) is 36.0 Å². The van der Waals surface area contributed by atoms with Gasteiger partial charge in [-0.05, 0) is 97.8 Å². The largest absolute Gasteiger partial charge is 0.354 e. The second-order valence-electron chi connectivity index (χ2n) is 14.7. The molecule has 0 bridgehead atoms. The van der Waals surface area contributed by atoms with Crippen molar-refractivity contribution in [2.75, 3.05) is 49.1 Å². The lowest BCUT2D eigenvalue weighted by Crippen LogP contribution is -2.52. The number of benzene rings is 2. The molecule has 2 atom stereocenters. The smallest absolute Gasteiger partial charge is 0.255 e. The lowest BCUT2D eigenvalue weighted by molar-refractivity contribution is -0.136. The molecule has 4 aliphatic heterocycles. The zero-order chi connectivity index (χ0) is 36.8. The van der Waals surface area contributed by atoms with E-state index in [2.05, 4.69) is 37.1 Å². The summed E-state index contributed by atoms with van der Waals surface area (Å²) < 4.78 is 15.9. The summed E-state index contributed by atoms with van der Waals surface area (Å²) in [5.41, 5.74) is 6.14. The van der Waals surface area contributed by atoms with Gasteiger partial charge in [-0.25, -0.2) is 18.9 Å². The van der Waals surface area contributed by atoms with E-state index < -0.39 is 6.04 Å². The predicted octanol–water partition coefficient (Wildman–Crippen LogP) is 4.79. The number of aryl methyl sites for hydroxylation is 1. The van der Waals surface area contributed by atoms with Crippen molar-refractivity contribution in [3.8, 4) is 11.4 Å². The molecule has 13 heteroatoms. The van der Waals surface area contributed by atoms with E-state index in [1.807, 2.05) is 53.2 Å². The van der Waals surface area contributed by atoms with Crippen LogP contribution in [0.4, 0.5) is 16.0 Å². The summed E-state index contributed by atoms with van der Waals surface area (Å²) in [7, 11) is 0. The van der Waals surface area contributed by atoms with Crippen LogP contribution in [-0.2, 0) is 22.6 Å². The topological polar surface area (TPSA) is 119 Å². The SMILES string of the molecule is O=C1CCC(N2Cc3cc(CCCN4CCN(c5cccc(-c6cnc7ccc(N8CCCC8c8cccc(F)c8)nn67)n5)CC4)ccc3C2=O)C(=O)N1. The van der Waals surface area contributed by atoms with Gasteiger partial charge in [-0.1, -0.05) is 30.3 Å². The molecular weight excluding hydrogens is 686 g/mol. The molecule has 3 amide bonds. The molecule has 2 unspecified atom stereocenters. The van der Waals surface area contributed by atoms with Gasteiger partial charge in [0.2, 0.25) is 11.8 Å². The number of amides is 3. The van der Waals surface area contributed by atoms with Crippen molar-refractivity contribution >= 4 is 35.0 Å². The van der Waals surface area contributed by atoms with Crippen molar-refractivity contribution in [3.63, 3.8) is 0 Å². The van der Waals surface area contributed by atoms with Crippen LogP contribution >= 0.6 is 0 Å². The number of hydrogen-bond donors (Lipinski definition) is 1. The minimum Gasteiger partial charge on any atom is -0.354 e. The summed E-state index contributed by atoms with van der Waals surface area (Å²) in [5, 5.41) is 7.39. The fraction of sp³-hybridized carbons (Fsp3) is 0.366. The van der Waals surface area contributed by atoms with E-state index in [1.165, 1.54) is 11.6 Å². The highest BCUT2D eigenvalue weighted by molar-refractivity contribution is 6.05. The van der Waals surface area contributed by atoms with Crippen LogP contribution in [0.3, 0.4) is 0 Å². The summed E-state index contributed by atoms with van der Waals surface area (Å²) >= 11 is 0. The molecule has 1 N–H and O–H groups in total. The highest BCUT2D eigenvalue weighted by Gasteiger charge is 2.39. The Balaban J connectivity index is 0.807. The third-order valence-corrected chi connectivity index (χ3v) is 11.3. The van der Waals surface area contributed by atoms with Gasteiger partial charge in [0.15, 0.2) is 5.65 Å². The number of nitrogens with one attached hydrogen (secondary N) is 1. The third-order valence-electron chi connectivity index (χ3n) is 11.3. The second-order valence-corrected chi connectivity index (χ2v) is 14.7. The van der Waals surface area contributed by atoms with Crippen LogP contribution in [0.2, 0.25) is 0 Å². The Hall–Kier alpha value is -5.69. The first-order valence-electron chi connectivity index (χ1n) is 19.0. The van der Waals surface area contributed by atoms with Gasteiger partial charge in [0.25, 0.3) is 5.91 Å². The van der Waals surface area contributed by atoms with E-state index in [0.717, 1.165) is 105 Å². The molecule has 4 aliphatic rings. The number of imidazole rings is 1. The molecule has 3 aromatic heterocycles. The van der Waals surface area contributed by atoms with Crippen LogP contribution in [0.5, 0.6) is 0 Å². The first-order valence-corrected chi connectivity index (χ1v) is 19.0. The van der Waals surface area contributed by atoms with Gasteiger partial charge in [0, 0.05) is 51.3 Å². The van der Waals surface area contributed by atoms with Crippen LogP contribution in [0.25, 0.3) is 17.0 Å². The lowest BCUT2D eigenvalue weighted by atomic mass is 10.0. The number of nitrogens with zero attached hydrogens (tertiary/aromatic N) is 8. The van der Waals surface area contributed by atoms with Crippen molar-refractivity contribution in [2.45, 2.75) is 57.2 Å². The molecule has 3 fully saturated rings. The highest BCUT2D eigenvalue weighted by atomic mass is 19.1. The highest BCUT2D eigenvalue weighted by Crippen LogP contribution is 2.36. The summed E-state index contributed by atoms with van der Waals surface area (Å²) in [6.07, 6.45) is 6.32. The van der Waals surface area contributed by atoms with Crippen molar-refractivity contribution in [3.05, 3.63) is 107 Å². The molecule has 0 spiro atoms. The number of hydrogen-bond acceptors (Lipinski definition) is 9. The number of carbonyl (C=O) groups is 3. The maximum absolute atomic E-state index is 14.1. The number of halogens is 1. The average Bonchev–Trinajstić information content (AvgIpc) is 3.93. The number of carbonyl (C=O) groups excluding carboxylic acids is 3. The van der Waals surface area contributed by atoms with Crippen LogP contribution < -0.4 is 15.1 Å². The Bertz CT molecular complexity index is 2250. The Morgan fingerprint density at radius 3 is 2.56 bits per heavy atom. The molecule has 9 rings (SSSR count). The summed E-state index contributed by atoms with van der Waals surface area (Å²) in [6.45, 7) is 5.86. The van der Waals surface area contributed by atoms with E-state index in [4.69, 9.17) is 10.1 Å². The van der Waals surface area contributed by atoms with Crippen molar-refractivity contribution in [1.82, 2.24) is 34.7 Å². The monoisotopic (exact) mass is 727 g/mol. The fourth-order valence-electron chi connectivity index (χ4n) is 8.53. The molecule has 2 aromatic carbocycles. The predicted molar refractivity (Wildman–Crippen MR) is 201 cm³/mol. The van der Waals surface area contributed by atoms with E-state index in [9.17, 15) is 18.8 Å². The van der Waals surface area contributed by atoms with Crippen molar-refractivity contribution in [2.24, 2.45) is 0 Å². The number of pyridine rings is 1. The number of aromatic nitrogens is 4. The fourth-order valence-corrected chi connectivity index (χ4v) is 8.53. The standard InChI is InChI=1S/C41H42FN9O3/c42-30-7-1-6-28(24-30)33-9-4-18-49(33)38-15-14-36-43-25-35(51(36)46-38)32-8-2-10-37(44-32)48-21-19-47(20-22-48)17-3-5-27-11-12-31-29(23-27)26-50(41(31)54)34-13-16-39(52)45-40(34)53/h1-2,6-8,10-12,14-15,23-25,33-34H,3-5,9,13,16-22,26H2,(H,45,52,53). The van der Waals surface area contributed by atoms with Gasteiger partial charge < -0.3 is 14.7 Å². The quantitative estimate of drug-likeness (QED) is 0.214. The maximum atomic E-state index is 14.1. The maximum Gasteiger partial charge on any atom is 0.255 e. The third kappa shape index (κ3) is 6.57. The zero-order valence-electron chi connectivity index (χ0n) is 30.0. The minimum absolute atomic E-state index is 0.0728. The normalized spacial score (nSPS) is 20.6. The molecule has 54 heavy (non-hydrogen) atoms. The summed E-state index contributed by atoms with van der Waals surface area (Å²) in [5.74, 6) is 0.751. The van der Waals surface area contributed by atoms with Gasteiger partial charge >= 0.3 is 0 Å².